The number of nitrogens with zero attached hydrogens (tertiary/aromatic N) is 1. The summed E-state index contributed by atoms with van der Waals surface area (Å²) in [6, 6.07) is 9.84. The molecule has 1 atom stereocenters. The first-order valence-electron chi connectivity index (χ1n) is 8.58. The summed E-state index contributed by atoms with van der Waals surface area (Å²) in [5.74, 6) is 0.394. The van der Waals surface area contributed by atoms with Crippen LogP contribution in [-0.2, 0) is 9.59 Å². The normalized spacial score (nSPS) is 20.5. The van der Waals surface area contributed by atoms with Gasteiger partial charge in [-0.25, -0.2) is 0 Å². The minimum absolute atomic E-state index is 0.0803. The van der Waals surface area contributed by atoms with E-state index in [4.69, 9.17) is 0 Å². The van der Waals surface area contributed by atoms with Crippen LogP contribution in [0, 0.1) is 5.92 Å². The lowest BCUT2D eigenvalue weighted by Crippen LogP contribution is -2.43. The van der Waals surface area contributed by atoms with Gasteiger partial charge >= 0.3 is 0 Å². The lowest BCUT2D eigenvalue weighted by molar-refractivity contribution is -0.130. The summed E-state index contributed by atoms with van der Waals surface area (Å²) in [7, 11) is 0. The maximum atomic E-state index is 12.6. The molecular weight excluding hydrogens is 290 g/mol. The Bertz CT molecular complexity index is 540. The van der Waals surface area contributed by atoms with Crippen molar-refractivity contribution in [2.75, 3.05) is 26.2 Å². The quantitative estimate of drug-likeness (QED) is 0.865. The Kier molecular flexibility index (Phi) is 5.28. The van der Waals surface area contributed by atoms with E-state index in [0.717, 1.165) is 44.5 Å². The number of hydrogen-bond acceptors (Lipinski definition) is 3. The molecule has 2 heterocycles. The van der Waals surface area contributed by atoms with Crippen LogP contribution in [0.25, 0.3) is 0 Å². The van der Waals surface area contributed by atoms with E-state index in [0.29, 0.717) is 13.0 Å². The topological polar surface area (TPSA) is 61.4 Å². The molecule has 2 fully saturated rings. The van der Waals surface area contributed by atoms with Gasteiger partial charge in [0.25, 0.3) is 0 Å². The van der Waals surface area contributed by atoms with Crippen molar-refractivity contribution in [3.8, 4) is 0 Å². The number of carbonyl (C=O) groups excluding carboxylic acids is 2. The van der Waals surface area contributed by atoms with E-state index in [1.54, 1.807) is 0 Å². The van der Waals surface area contributed by atoms with Crippen LogP contribution in [0.3, 0.4) is 0 Å². The molecule has 3 rings (SSSR count). The highest BCUT2D eigenvalue weighted by Gasteiger charge is 2.28. The molecule has 1 aromatic carbocycles. The second-order valence-electron chi connectivity index (χ2n) is 6.44. The van der Waals surface area contributed by atoms with Crippen molar-refractivity contribution in [2.45, 2.75) is 31.7 Å². The summed E-state index contributed by atoms with van der Waals surface area (Å²) in [4.78, 5) is 26.4. The summed E-state index contributed by atoms with van der Waals surface area (Å²) in [6.07, 6.45) is 3.32. The second kappa shape index (κ2) is 7.59. The molecule has 124 valence electrons. The summed E-state index contributed by atoms with van der Waals surface area (Å²) in [5, 5.41) is 6.48. The molecule has 0 radical (unpaired) electrons. The van der Waals surface area contributed by atoms with Gasteiger partial charge in [0.05, 0.1) is 6.04 Å². The summed E-state index contributed by atoms with van der Waals surface area (Å²) >= 11 is 0. The van der Waals surface area contributed by atoms with Crippen molar-refractivity contribution >= 4 is 11.8 Å². The van der Waals surface area contributed by atoms with E-state index in [9.17, 15) is 9.59 Å². The van der Waals surface area contributed by atoms with Gasteiger partial charge in [-0.3, -0.25) is 9.59 Å². The number of rotatable bonds is 5. The van der Waals surface area contributed by atoms with Crippen molar-refractivity contribution in [3.63, 3.8) is 0 Å². The maximum absolute atomic E-state index is 12.6. The molecule has 0 aromatic heterocycles. The molecule has 0 spiro atoms. The van der Waals surface area contributed by atoms with Crippen LogP contribution >= 0.6 is 0 Å². The van der Waals surface area contributed by atoms with Gasteiger partial charge in [-0.05, 0) is 37.9 Å². The van der Waals surface area contributed by atoms with Crippen LogP contribution in [-0.4, -0.2) is 42.9 Å². The molecule has 0 bridgehead atoms. The minimum atomic E-state index is -0.124. The van der Waals surface area contributed by atoms with Crippen LogP contribution < -0.4 is 10.6 Å². The summed E-state index contributed by atoms with van der Waals surface area (Å²) in [5.41, 5.74) is 1.06. The Labute approximate surface area is 137 Å². The fourth-order valence-corrected chi connectivity index (χ4v) is 3.41. The SMILES string of the molecule is O=C(NC(CN1CCCC1=O)c1ccccc1)C1CCNCC1. The second-order valence-corrected chi connectivity index (χ2v) is 6.44. The minimum Gasteiger partial charge on any atom is -0.347 e. The average Bonchev–Trinajstić information content (AvgIpc) is 3.00. The van der Waals surface area contributed by atoms with Crippen LogP contribution in [0.5, 0.6) is 0 Å². The predicted molar refractivity (Wildman–Crippen MR) is 88.7 cm³/mol. The molecule has 1 unspecified atom stereocenters. The van der Waals surface area contributed by atoms with E-state index >= 15 is 0 Å². The Balaban J connectivity index is 1.69. The Morgan fingerprint density at radius 3 is 2.65 bits per heavy atom. The molecule has 0 aliphatic carbocycles. The number of carbonyl (C=O) groups is 2. The zero-order valence-electron chi connectivity index (χ0n) is 13.5. The molecule has 23 heavy (non-hydrogen) atoms. The van der Waals surface area contributed by atoms with E-state index in [2.05, 4.69) is 10.6 Å². The number of benzene rings is 1. The largest absolute Gasteiger partial charge is 0.347 e. The molecule has 5 nitrogen and oxygen atoms in total. The van der Waals surface area contributed by atoms with Gasteiger partial charge in [-0.15, -0.1) is 0 Å². The first-order chi connectivity index (χ1) is 11.2. The smallest absolute Gasteiger partial charge is 0.223 e. The molecule has 2 N–H and O–H groups in total. The third-order valence-electron chi connectivity index (χ3n) is 4.80. The van der Waals surface area contributed by atoms with E-state index < -0.39 is 0 Å². The third kappa shape index (κ3) is 4.10. The average molecular weight is 315 g/mol. The maximum Gasteiger partial charge on any atom is 0.223 e. The molecule has 5 heteroatoms. The van der Waals surface area contributed by atoms with Crippen LogP contribution in [0.2, 0.25) is 0 Å². The van der Waals surface area contributed by atoms with Crippen molar-refractivity contribution in [3.05, 3.63) is 35.9 Å². The highest BCUT2D eigenvalue weighted by Crippen LogP contribution is 2.20. The predicted octanol–water partition coefficient (Wildman–Crippen LogP) is 1.47. The van der Waals surface area contributed by atoms with Crippen LogP contribution in [0.15, 0.2) is 30.3 Å². The molecule has 0 saturated carbocycles. The van der Waals surface area contributed by atoms with Gasteiger partial charge in [-0.1, -0.05) is 30.3 Å². The van der Waals surface area contributed by atoms with Gasteiger partial charge in [0, 0.05) is 25.4 Å². The fraction of sp³-hybridized carbons (Fsp3) is 0.556. The zero-order valence-corrected chi connectivity index (χ0v) is 13.5. The van der Waals surface area contributed by atoms with Gasteiger partial charge in [0.1, 0.15) is 0 Å². The lowest BCUT2D eigenvalue weighted by Gasteiger charge is -2.28. The number of likely N-dealkylation sites (tertiary alicyclic amines) is 1. The van der Waals surface area contributed by atoms with Gasteiger partial charge in [0.2, 0.25) is 11.8 Å². The van der Waals surface area contributed by atoms with Crippen molar-refractivity contribution in [2.24, 2.45) is 5.92 Å². The number of nitrogens with one attached hydrogen (secondary N) is 2. The molecule has 2 saturated heterocycles. The Morgan fingerprint density at radius 1 is 1.26 bits per heavy atom. The molecule has 2 amide bonds. The van der Waals surface area contributed by atoms with Crippen LogP contribution in [0.1, 0.15) is 37.3 Å². The monoisotopic (exact) mass is 315 g/mol. The number of amides is 2. The first kappa shape index (κ1) is 16.0. The van der Waals surface area contributed by atoms with E-state index in [1.165, 1.54) is 0 Å². The molecule has 2 aliphatic rings. The van der Waals surface area contributed by atoms with Gasteiger partial charge < -0.3 is 15.5 Å². The fourth-order valence-electron chi connectivity index (χ4n) is 3.41. The zero-order chi connectivity index (χ0) is 16.1. The lowest BCUT2D eigenvalue weighted by atomic mass is 9.96. The van der Waals surface area contributed by atoms with Crippen LogP contribution in [0.4, 0.5) is 0 Å². The molecule has 1 aromatic rings. The first-order valence-corrected chi connectivity index (χ1v) is 8.58. The third-order valence-corrected chi connectivity index (χ3v) is 4.80. The van der Waals surface area contributed by atoms with E-state index in [1.807, 2.05) is 35.2 Å². The number of hydrogen-bond donors (Lipinski definition) is 2. The Hall–Kier alpha value is -1.88. The number of piperidine rings is 1. The van der Waals surface area contributed by atoms with Crippen molar-refractivity contribution < 1.29 is 9.59 Å². The van der Waals surface area contributed by atoms with Crippen molar-refractivity contribution in [1.82, 2.24) is 15.5 Å². The standard InChI is InChI=1S/C18H25N3O2/c22-17-7-4-12-21(17)13-16(14-5-2-1-3-6-14)20-18(23)15-8-10-19-11-9-15/h1-3,5-6,15-16,19H,4,7-13H2,(H,20,23). The molecular formula is C18H25N3O2. The molecule has 2 aliphatic heterocycles. The van der Waals surface area contributed by atoms with Crippen molar-refractivity contribution in [1.29, 1.82) is 0 Å². The Morgan fingerprint density at radius 2 is 2.00 bits per heavy atom. The van der Waals surface area contributed by atoms with Gasteiger partial charge in [-0.2, -0.15) is 0 Å². The van der Waals surface area contributed by atoms with E-state index in [-0.39, 0.29) is 23.8 Å². The summed E-state index contributed by atoms with van der Waals surface area (Å²) in [6.45, 7) is 3.17. The highest BCUT2D eigenvalue weighted by atomic mass is 16.2. The summed E-state index contributed by atoms with van der Waals surface area (Å²) < 4.78 is 0. The van der Waals surface area contributed by atoms with Gasteiger partial charge in [0.15, 0.2) is 0 Å². The highest BCUT2D eigenvalue weighted by molar-refractivity contribution is 5.80.